The van der Waals surface area contributed by atoms with E-state index >= 15 is 0 Å². The van der Waals surface area contributed by atoms with Crippen LogP contribution >= 0.6 is 11.3 Å². The van der Waals surface area contributed by atoms with E-state index in [-0.39, 0.29) is 22.5 Å². The molecule has 3 N–H and O–H groups in total. The molecular weight excluding hydrogens is 290 g/mol. The second kappa shape index (κ2) is 5.53. The van der Waals surface area contributed by atoms with Crippen LogP contribution in [0.1, 0.15) is 23.3 Å². The van der Waals surface area contributed by atoms with Crippen LogP contribution in [0.25, 0.3) is 0 Å². The third-order valence-electron chi connectivity index (χ3n) is 2.89. The van der Waals surface area contributed by atoms with Crippen molar-refractivity contribution in [2.24, 2.45) is 11.7 Å². The van der Waals surface area contributed by atoms with E-state index in [1.54, 1.807) is 0 Å². The summed E-state index contributed by atoms with van der Waals surface area (Å²) in [6.07, 6.45) is 2.08. The number of sulfonamides is 1. The van der Waals surface area contributed by atoms with Gasteiger partial charge in [-0.15, -0.1) is 11.3 Å². The molecule has 1 heterocycles. The van der Waals surface area contributed by atoms with Crippen molar-refractivity contribution in [3.63, 3.8) is 0 Å². The van der Waals surface area contributed by atoms with E-state index in [9.17, 15) is 13.2 Å². The van der Waals surface area contributed by atoms with Crippen LogP contribution in [0.3, 0.4) is 0 Å². The van der Waals surface area contributed by atoms with Gasteiger partial charge in [0.2, 0.25) is 0 Å². The first kappa shape index (κ1) is 14.4. The molecule has 1 fully saturated rings. The number of nitrogens with two attached hydrogens (primary N) is 1. The minimum Gasteiger partial charge on any atom is -0.464 e. The summed E-state index contributed by atoms with van der Waals surface area (Å²) in [7, 11) is -2.60. The van der Waals surface area contributed by atoms with E-state index in [0.717, 1.165) is 24.2 Å². The van der Waals surface area contributed by atoms with Crippen LogP contribution in [-0.2, 0) is 14.8 Å². The molecule has 0 spiro atoms. The van der Waals surface area contributed by atoms with Crippen LogP contribution in [0.2, 0.25) is 0 Å². The molecule has 0 amide bonds. The third kappa shape index (κ3) is 3.30. The molecule has 9 heteroatoms. The standard InChI is InChI=1S/C10H15N3O4S2/c1-17-9(14)8-10(18-5-12-8)19(15,16)13-4-7(11)6-2-3-6/h5-7,13H,2-4,11H2,1H3. The smallest absolute Gasteiger partial charge is 0.358 e. The summed E-state index contributed by atoms with van der Waals surface area (Å²) >= 11 is 0.873. The predicted octanol–water partition coefficient (Wildman–Crippen LogP) is -0.0547. The van der Waals surface area contributed by atoms with Gasteiger partial charge in [0.05, 0.1) is 12.6 Å². The molecule has 0 saturated heterocycles. The fourth-order valence-corrected chi connectivity index (χ4v) is 3.87. The lowest BCUT2D eigenvalue weighted by molar-refractivity contribution is 0.0590. The molecule has 1 aliphatic rings. The minimum atomic E-state index is -3.78. The van der Waals surface area contributed by atoms with Crippen molar-refractivity contribution >= 4 is 27.3 Å². The number of rotatable bonds is 6. The highest BCUT2D eigenvalue weighted by atomic mass is 32.2. The molecule has 1 saturated carbocycles. The molecule has 0 aromatic carbocycles. The van der Waals surface area contributed by atoms with Crippen LogP contribution in [-0.4, -0.2) is 39.1 Å². The lowest BCUT2D eigenvalue weighted by atomic mass is 10.2. The molecule has 1 aliphatic carbocycles. The monoisotopic (exact) mass is 305 g/mol. The second-order valence-electron chi connectivity index (χ2n) is 4.33. The Morgan fingerprint density at radius 1 is 1.68 bits per heavy atom. The lowest BCUT2D eigenvalue weighted by Gasteiger charge is -2.11. The zero-order chi connectivity index (χ0) is 14.0. The number of carbonyl (C=O) groups excluding carboxylic acids is 1. The molecule has 106 valence electrons. The quantitative estimate of drug-likeness (QED) is 0.713. The van der Waals surface area contributed by atoms with Crippen LogP contribution in [0.5, 0.6) is 0 Å². The Morgan fingerprint density at radius 2 is 2.37 bits per heavy atom. The Kier molecular flexibility index (Phi) is 4.19. The van der Waals surface area contributed by atoms with Crippen molar-refractivity contribution in [2.75, 3.05) is 13.7 Å². The molecule has 0 radical (unpaired) electrons. The summed E-state index contributed by atoms with van der Waals surface area (Å²) in [6.45, 7) is 0.158. The van der Waals surface area contributed by atoms with Gasteiger partial charge < -0.3 is 10.5 Å². The Labute approximate surface area is 115 Å². The fourth-order valence-electron chi connectivity index (χ4n) is 1.62. The van der Waals surface area contributed by atoms with Gasteiger partial charge in [-0.1, -0.05) is 0 Å². The number of carbonyl (C=O) groups is 1. The molecule has 1 unspecified atom stereocenters. The van der Waals surface area contributed by atoms with Gasteiger partial charge in [-0.2, -0.15) is 0 Å². The molecular formula is C10H15N3O4S2. The lowest BCUT2D eigenvalue weighted by Crippen LogP contribution is -2.38. The van der Waals surface area contributed by atoms with Crippen molar-refractivity contribution in [3.05, 3.63) is 11.2 Å². The molecule has 1 atom stereocenters. The van der Waals surface area contributed by atoms with E-state index in [2.05, 4.69) is 14.4 Å². The predicted molar refractivity (Wildman–Crippen MR) is 69.3 cm³/mol. The zero-order valence-electron chi connectivity index (χ0n) is 10.3. The summed E-state index contributed by atoms with van der Waals surface area (Å²) in [5.41, 5.74) is 6.93. The summed E-state index contributed by atoms with van der Waals surface area (Å²) in [6, 6.07) is -0.190. The third-order valence-corrected chi connectivity index (χ3v) is 5.69. The number of aromatic nitrogens is 1. The Balaban J connectivity index is 2.10. The van der Waals surface area contributed by atoms with Gasteiger partial charge in [0.1, 0.15) is 0 Å². The maximum absolute atomic E-state index is 12.1. The maximum Gasteiger partial charge on any atom is 0.358 e. The van der Waals surface area contributed by atoms with Gasteiger partial charge in [-0.3, -0.25) is 0 Å². The van der Waals surface area contributed by atoms with E-state index < -0.39 is 16.0 Å². The highest BCUT2D eigenvalue weighted by molar-refractivity contribution is 7.91. The Morgan fingerprint density at radius 3 is 2.95 bits per heavy atom. The van der Waals surface area contributed by atoms with Crippen molar-refractivity contribution in [1.29, 1.82) is 0 Å². The number of thiazole rings is 1. The molecule has 1 aromatic heterocycles. The Hall–Kier alpha value is -1.03. The van der Waals surface area contributed by atoms with Gasteiger partial charge in [-0.05, 0) is 18.8 Å². The molecule has 1 aromatic rings. The second-order valence-corrected chi connectivity index (χ2v) is 7.15. The van der Waals surface area contributed by atoms with Gasteiger partial charge in [-0.25, -0.2) is 22.9 Å². The first-order valence-electron chi connectivity index (χ1n) is 5.72. The molecule has 7 nitrogen and oxygen atoms in total. The molecule has 19 heavy (non-hydrogen) atoms. The first-order valence-corrected chi connectivity index (χ1v) is 8.09. The van der Waals surface area contributed by atoms with Crippen molar-refractivity contribution in [2.45, 2.75) is 23.1 Å². The van der Waals surface area contributed by atoms with Crippen LogP contribution in [0, 0.1) is 5.92 Å². The van der Waals surface area contributed by atoms with Gasteiger partial charge in [0, 0.05) is 12.6 Å². The number of nitrogens with zero attached hydrogens (tertiary/aromatic N) is 1. The van der Waals surface area contributed by atoms with Crippen molar-refractivity contribution < 1.29 is 17.9 Å². The molecule has 0 bridgehead atoms. The van der Waals surface area contributed by atoms with Gasteiger partial charge >= 0.3 is 5.97 Å². The van der Waals surface area contributed by atoms with Crippen LogP contribution in [0.15, 0.2) is 9.72 Å². The first-order chi connectivity index (χ1) is 8.95. The fraction of sp³-hybridized carbons (Fsp3) is 0.600. The SMILES string of the molecule is COC(=O)c1ncsc1S(=O)(=O)NCC(N)C1CC1. The highest BCUT2D eigenvalue weighted by Crippen LogP contribution is 2.31. The van der Waals surface area contributed by atoms with E-state index in [0.29, 0.717) is 5.92 Å². The normalized spacial score (nSPS) is 17.2. The van der Waals surface area contributed by atoms with Crippen LogP contribution < -0.4 is 10.5 Å². The zero-order valence-corrected chi connectivity index (χ0v) is 12.0. The number of nitrogens with one attached hydrogen (secondary N) is 1. The number of methoxy groups -OCH3 is 1. The van der Waals surface area contributed by atoms with Crippen molar-refractivity contribution in [3.8, 4) is 0 Å². The van der Waals surface area contributed by atoms with E-state index in [4.69, 9.17) is 5.73 Å². The number of ether oxygens (including phenoxy) is 1. The van der Waals surface area contributed by atoms with Crippen molar-refractivity contribution in [1.82, 2.24) is 9.71 Å². The van der Waals surface area contributed by atoms with Gasteiger partial charge in [0.15, 0.2) is 9.90 Å². The topological polar surface area (TPSA) is 111 Å². The number of hydrogen-bond donors (Lipinski definition) is 2. The maximum atomic E-state index is 12.1. The Bertz CT molecular complexity index is 565. The number of hydrogen-bond acceptors (Lipinski definition) is 7. The number of esters is 1. The minimum absolute atomic E-state index is 0.137. The summed E-state index contributed by atoms with van der Waals surface area (Å²) < 4.78 is 30.9. The largest absolute Gasteiger partial charge is 0.464 e. The average Bonchev–Trinajstić information content (AvgIpc) is 3.11. The summed E-state index contributed by atoms with van der Waals surface area (Å²) in [4.78, 5) is 15.1. The highest BCUT2D eigenvalue weighted by Gasteiger charge is 2.31. The summed E-state index contributed by atoms with van der Waals surface area (Å²) in [5.74, 6) is -0.377. The van der Waals surface area contributed by atoms with Gasteiger partial charge in [0.25, 0.3) is 10.0 Å². The summed E-state index contributed by atoms with van der Waals surface area (Å²) in [5, 5.41) is 0. The van der Waals surface area contributed by atoms with E-state index in [1.165, 1.54) is 12.6 Å². The molecule has 2 rings (SSSR count). The van der Waals surface area contributed by atoms with Crippen LogP contribution in [0.4, 0.5) is 0 Å². The van der Waals surface area contributed by atoms with E-state index in [1.807, 2.05) is 0 Å². The average molecular weight is 305 g/mol. The molecule has 0 aliphatic heterocycles.